The fraction of sp³-hybridized carbons (Fsp3) is 0.211. The zero-order chi connectivity index (χ0) is 19.6. The third-order valence-corrected chi connectivity index (χ3v) is 4.92. The Morgan fingerprint density at radius 2 is 2.00 bits per heavy atom. The van der Waals surface area contributed by atoms with Gasteiger partial charge in [-0.25, -0.2) is 8.60 Å². The third-order valence-electron chi connectivity index (χ3n) is 3.83. The van der Waals surface area contributed by atoms with Crippen LogP contribution in [0.15, 0.2) is 51.8 Å². The maximum Gasteiger partial charge on any atom is 0.298 e. The number of benzene rings is 2. The molecular formula is C19H19FN2O4S. The van der Waals surface area contributed by atoms with Crippen molar-refractivity contribution in [3.05, 3.63) is 54.0 Å². The second-order valence-electron chi connectivity index (χ2n) is 5.95. The Labute approximate surface area is 158 Å². The van der Waals surface area contributed by atoms with Crippen LogP contribution in [-0.4, -0.2) is 30.8 Å². The highest BCUT2D eigenvalue weighted by Crippen LogP contribution is 2.26. The first-order chi connectivity index (χ1) is 12.9. The third kappa shape index (κ3) is 4.11. The van der Waals surface area contributed by atoms with Gasteiger partial charge in [0.1, 0.15) is 22.0 Å². The van der Waals surface area contributed by atoms with E-state index in [1.165, 1.54) is 12.1 Å². The monoisotopic (exact) mass is 390 g/mol. The average Bonchev–Trinajstić information content (AvgIpc) is 3.06. The standard InChI is InChI=1S/C19H19FN2O4S/c1-4-25-15-8-6-13(20)10-18(15)27(24)21-19(23)17-9-12-5-7-14(22(2)3)11-16(12)26-17/h5-11H,4H2,1-3H3,(H,21,23). The van der Waals surface area contributed by atoms with Crippen LogP contribution in [0.3, 0.4) is 0 Å². The maximum absolute atomic E-state index is 13.5. The van der Waals surface area contributed by atoms with Gasteiger partial charge in [-0.3, -0.25) is 9.52 Å². The first-order valence-electron chi connectivity index (χ1n) is 8.25. The smallest absolute Gasteiger partial charge is 0.298 e. The van der Waals surface area contributed by atoms with E-state index < -0.39 is 22.7 Å². The molecule has 0 aliphatic heterocycles. The molecule has 0 spiro atoms. The molecule has 0 radical (unpaired) electrons. The van der Waals surface area contributed by atoms with Crippen molar-refractivity contribution in [3.8, 4) is 5.75 Å². The molecule has 3 aromatic rings. The van der Waals surface area contributed by atoms with Gasteiger partial charge in [0, 0.05) is 31.2 Å². The van der Waals surface area contributed by atoms with Crippen LogP contribution < -0.4 is 14.4 Å². The number of amides is 1. The SMILES string of the molecule is CCOc1ccc(F)cc1S(=O)NC(=O)c1cc2ccc(N(C)C)cc2o1. The van der Waals surface area contributed by atoms with Crippen LogP contribution in [0, 0.1) is 5.82 Å². The molecule has 142 valence electrons. The van der Waals surface area contributed by atoms with Crippen LogP contribution in [0.5, 0.6) is 5.75 Å². The number of nitrogens with zero attached hydrogens (tertiary/aromatic N) is 1. The molecule has 1 N–H and O–H groups in total. The summed E-state index contributed by atoms with van der Waals surface area (Å²) in [4.78, 5) is 14.4. The van der Waals surface area contributed by atoms with E-state index in [1.807, 2.05) is 37.2 Å². The van der Waals surface area contributed by atoms with Crippen molar-refractivity contribution in [2.24, 2.45) is 0 Å². The molecule has 0 aliphatic carbocycles. The van der Waals surface area contributed by atoms with Gasteiger partial charge in [0.25, 0.3) is 5.91 Å². The number of nitrogens with one attached hydrogen (secondary N) is 1. The Morgan fingerprint density at radius 1 is 1.22 bits per heavy atom. The van der Waals surface area contributed by atoms with Gasteiger partial charge in [0.2, 0.25) is 0 Å². The Kier molecular flexibility index (Phi) is 5.46. The zero-order valence-electron chi connectivity index (χ0n) is 15.1. The van der Waals surface area contributed by atoms with E-state index in [-0.39, 0.29) is 16.4 Å². The molecule has 0 bridgehead atoms. The first-order valence-corrected chi connectivity index (χ1v) is 9.40. The van der Waals surface area contributed by atoms with Gasteiger partial charge in [0.05, 0.1) is 6.61 Å². The van der Waals surface area contributed by atoms with E-state index in [4.69, 9.17) is 9.15 Å². The molecular weight excluding hydrogens is 371 g/mol. The molecule has 1 amide bonds. The number of carbonyl (C=O) groups excluding carboxylic acids is 1. The molecule has 1 atom stereocenters. The number of ether oxygens (including phenoxy) is 1. The van der Waals surface area contributed by atoms with Crippen molar-refractivity contribution in [1.82, 2.24) is 4.72 Å². The molecule has 1 unspecified atom stereocenters. The number of fused-ring (bicyclic) bond motifs is 1. The topological polar surface area (TPSA) is 71.8 Å². The van der Waals surface area contributed by atoms with Gasteiger partial charge < -0.3 is 14.1 Å². The second-order valence-corrected chi connectivity index (χ2v) is 7.13. The minimum Gasteiger partial charge on any atom is -0.493 e. The number of furan rings is 1. The molecule has 6 nitrogen and oxygen atoms in total. The van der Waals surface area contributed by atoms with E-state index in [0.717, 1.165) is 17.1 Å². The molecule has 3 rings (SSSR count). The summed E-state index contributed by atoms with van der Waals surface area (Å²) in [6.45, 7) is 2.08. The summed E-state index contributed by atoms with van der Waals surface area (Å²) in [5.74, 6) is -0.972. The number of rotatable bonds is 6. The summed E-state index contributed by atoms with van der Waals surface area (Å²) < 4.78 is 39.3. The maximum atomic E-state index is 13.5. The Hall–Kier alpha value is -2.87. The van der Waals surface area contributed by atoms with E-state index in [1.54, 1.807) is 13.0 Å². The highest BCUT2D eigenvalue weighted by Gasteiger charge is 2.19. The van der Waals surface area contributed by atoms with Gasteiger partial charge in [-0.15, -0.1) is 0 Å². The highest BCUT2D eigenvalue weighted by molar-refractivity contribution is 7.83. The van der Waals surface area contributed by atoms with E-state index in [0.29, 0.717) is 12.2 Å². The van der Waals surface area contributed by atoms with Gasteiger partial charge >= 0.3 is 0 Å². The summed E-state index contributed by atoms with van der Waals surface area (Å²) in [6, 6.07) is 10.8. The number of anilines is 1. The fourth-order valence-electron chi connectivity index (χ4n) is 2.50. The molecule has 8 heteroatoms. The second kappa shape index (κ2) is 7.79. The van der Waals surface area contributed by atoms with Crippen molar-refractivity contribution in [2.75, 3.05) is 25.6 Å². The largest absolute Gasteiger partial charge is 0.493 e. The van der Waals surface area contributed by atoms with Crippen molar-refractivity contribution in [2.45, 2.75) is 11.8 Å². The van der Waals surface area contributed by atoms with Gasteiger partial charge in [0.15, 0.2) is 16.7 Å². The van der Waals surface area contributed by atoms with E-state index >= 15 is 0 Å². The average molecular weight is 390 g/mol. The lowest BCUT2D eigenvalue weighted by Gasteiger charge is -2.11. The summed E-state index contributed by atoms with van der Waals surface area (Å²) in [5, 5.41) is 0.747. The minimum atomic E-state index is -2.00. The molecule has 0 saturated heterocycles. The molecule has 0 aliphatic rings. The normalized spacial score (nSPS) is 12.0. The van der Waals surface area contributed by atoms with Crippen molar-refractivity contribution >= 4 is 33.5 Å². The summed E-state index contributed by atoms with van der Waals surface area (Å²) in [7, 11) is 1.79. The van der Waals surface area contributed by atoms with Crippen molar-refractivity contribution < 1.29 is 22.5 Å². The Balaban J connectivity index is 1.84. The number of halogens is 1. The van der Waals surface area contributed by atoms with Crippen LogP contribution in [-0.2, 0) is 11.0 Å². The zero-order valence-corrected chi connectivity index (χ0v) is 15.9. The fourth-order valence-corrected chi connectivity index (χ4v) is 3.41. The van der Waals surface area contributed by atoms with Gasteiger partial charge in [-0.05, 0) is 43.3 Å². The predicted molar refractivity (Wildman–Crippen MR) is 102 cm³/mol. The molecule has 1 heterocycles. The first kappa shape index (κ1) is 18.9. The number of carbonyl (C=O) groups is 1. The number of hydrogen-bond acceptors (Lipinski definition) is 5. The number of hydrogen-bond donors (Lipinski definition) is 1. The summed E-state index contributed by atoms with van der Waals surface area (Å²) in [5.41, 5.74) is 1.46. The van der Waals surface area contributed by atoms with Crippen LogP contribution >= 0.6 is 0 Å². The predicted octanol–water partition coefficient (Wildman–Crippen LogP) is 3.49. The summed E-state index contributed by atoms with van der Waals surface area (Å²) >= 11 is 0. The van der Waals surface area contributed by atoms with Gasteiger partial charge in [-0.2, -0.15) is 0 Å². The lowest BCUT2D eigenvalue weighted by molar-refractivity contribution is 0.0958. The van der Waals surface area contributed by atoms with Crippen molar-refractivity contribution in [3.63, 3.8) is 0 Å². The Morgan fingerprint density at radius 3 is 2.70 bits per heavy atom. The van der Waals surface area contributed by atoms with E-state index in [9.17, 15) is 13.4 Å². The lowest BCUT2D eigenvalue weighted by Crippen LogP contribution is -2.25. The molecule has 1 aromatic heterocycles. The Bertz CT molecular complexity index is 1020. The van der Waals surface area contributed by atoms with Crippen LogP contribution in [0.25, 0.3) is 11.0 Å². The van der Waals surface area contributed by atoms with Gasteiger partial charge in [-0.1, -0.05) is 0 Å². The quantitative estimate of drug-likeness (QED) is 0.698. The molecule has 0 saturated carbocycles. The van der Waals surface area contributed by atoms with E-state index in [2.05, 4.69) is 4.72 Å². The van der Waals surface area contributed by atoms with Crippen LogP contribution in [0.2, 0.25) is 0 Å². The molecule has 27 heavy (non-hydrogen) atoms. The molecule has 2 aromatic carbocycles. The lowest BCUT2D eigenvalue weighted by atomic mass is 10.2. The van der Waals surface area contributed by atoms with Crippen LogP contribution in [0.4, 0.5) is 10.1 Å². The van der Waals surface area contributed by atoms with Crippen LogP contribution in [0.1, 0.15) is 17.5 Å². The summed E-state index contributed by atoms with van der Waals surface area (Å²) in [6.07, 6.45) is 0. The van der Waals surface area contributed by atoms with Crippen molar-refractivity contribution in [1.29, 1.82) is 0 Å². The minimum absolute atomic E-state index is 0.0172. The molecule has 0 fully saturated rings. The highest BCUT2D eigenvalue weighted by atomic mass is 32.2.